The number of urea groups is 1. The molecule has 2 N–H and O–H groups in total. The molecule has 1 fully saturated rings. The third-order valence-electron chi connectivity index (χ3n) is 4.33. The van der Waals surface area contributed by atoms with Crippen LogP contribution >= 0.6 is 0 Å². The molecular weight excluding hydrogens is 343 g/mol. The first-order valence-corrected chi connectivity index (χ1v) is 8.53. The van der Waals surface area contributed by atoms with Gasteiger partial charge in [-0.3, -0.25) is 0 Å². The zero-order valence-electron chi connectivity index (χ0n) is 14.1. The lowest BCUT2D eigenvalue weighted by Crippen LogP contribution is -2.29. The number of nitrogens with zero attached hydrogens (tertiary/aromatic N) is 1. The molecule has 26 heavy (non-hydrogen) atoms. The summed E-state index contributed by atoms with van der Waals surface area (Å²) in [5.41, 5.74) is 0.448. The van der Waals surface area contributed by atoms with Gasteiger partial charge in [-0.1, -0.05) is 12.1 Å². The molecule has 1 heterocycles. The van der Waals surface area contributed by atoms with Gasteiger partial charge in [-0.15, -0.1) is 0 Å². The van der Waals surface area contributed by atoms with Crippen molar-refractivity contribution in [2.45, 2.75) is 25.4 Å². The van der Waals surface area contributed by atoms with Crippen LogP contribution in [0.15, 0.2) is 48.5 Å². The van der Waals surface area contributed by atoms with Crippen molar-refractivity contribution in [3.8, 4) is 0 Å². The van der Waals surface area contributed by atoms with E-state index in [1.807, 2.05) is 12.1 Å². The van der Waals surface area contributed by atoms with Gasteiger partial charge in [0.1, 0.15) is 0 Å². The summed E-state index contributed by atoms with van der Waals surface area (Å²) in [6.07, 6.45) is -0.947. The van der Waals surface area contributed by atoms with Gasteiger partial charge >= 0.3 is 12.2 Å². The van der Waals surface area contributed by atoms with Crippen molar-refractivity contribution in [1.82, 2.24) is 0 Å². The van der Waals surface area contributed by atoms with Crippen LogP contribution < -0.4 is 15.5 Å². The second-order valence-electron chi connectivity index (χ2n) is 6.22. The van der Waals surface area contributed by atoms with Crippen molar-refractivity contribution >= 4 is 23.1 Å². The lowest BCUT2D eigenvalue weighted by Gasteiger charge is -2.28. The van der Waals surface area contributed by atoms with E-state index < -0.39 is 17.8 Å². The van der Waals surface area contributed by atoms with E-state index in [9.17, 15) is 18.0 Å². The second kappa shape index (κ2) is 7.68. The number of rotatable bonds is 3. The third kappa shape index (κ3) is 4.47. The average molecular weight is 363 g/mol. The van der Waals surface area contributed by atoms with Crippen molar-refractivity contribution in [2.75, 3.05) is 28.6 Å². The molecule has 0 aromatic heterocycles. The Bertz CT molecular complexity index is 753. The number of carbonyl (C=O) groups excluding carboxylic acids is 1. The van der Waals surface area contributed by atoms with Gasteiger partial charge in [-0.05, 0) is 55.7 Å². The Morgan fingerprint density at radius 2 is 1.54 bits per heavy atom. The minimum Gasteiger partial charge on any atom is -0.372 e. The van der Waals surface area contributed by atoms with E-state index in [-0.39, 0.29) is 5.69 Å². The van der Waals surface area contributed by atoms with Crippen LogP contribution in [0, 0.1) is 0 Å². The van der Waals surface area contributed by atoms with Crippen LogP contribution in [0.5, 0.6) is 0 Å². The van der Waals surface area contributed by atoms with Crippen LogP contribution in [0.25, 0.3) is 0 Å². The number of hydrogen-bond acceptors (Lipinski definition) is 2. The van der Waals surface area contributed by atoms with Gasteiger partial charge in [-0.25, -0.2) is 4.79 Å². The minimum atomic E-state index is -4.53. The Labute approximate surface area is 150 Å². The summed E-state index contributed by atoms with van der Waals surface area (Å²) in [5, 5.41) is 4.83. The van der Waals surface area contributed by atoms with E-state index in [1.165, 1.54) is 37.5 Å². The van der Waals surface area contributed by atoms with Crippen molar-refractivity contribution < 1.29 is 18.0 Å². The van der Waals surface area contributed by atoms with E-state index in [0.717, 1.165) is 24.8 Å². The van der Waals surface area contributed by atoms with Crippen LogP contribution in [-0.4, -0.2) is 19.1 Å². The SMILES string of the molecule is O=C(Nc1ccc(N2CCCCC2)cc1)Nc1ccccc1C(F)(F)F. The maximum Gasteiger partial charge on any atom is 0.418 e. The summed E-state index contributed by atoms with van der Waals surface area (Å²) in [5.74, 6) is 0. The molecule has 0 spiro atoms. The highest BCUT2D eigenvalue weighted by atomic mass is 19.4. The number of halogens is 3. The zero-order chi connectivity index (χ0) is 18.6. The molecule has 4 nitrogen and oxygen atoms in total. The molecule has 3 rings (SSSR count). The van der Waals surface area contributed by atoms with Gasteiger partial charge < -0.3 is 15.5 Å². The van der Waals surface area contributed by atoms with Gasteiger partial charge in [0.2, 0.25) is 0 Å². The standard InChI is InChI=1S/C19H20F3N3O/c20-19(21,22)16-6-2-3-7-17(16)24-18(26)23-14-8-10-15(11-9-14)25-12-4-1-5-13-25/h2-3,6-11H,1,4-5,12-13H2,(H2,23,24,26). The molecule has 1 aliphatic rings. The van der Waals surface area contributed by atoms with Crippen molar-refractivity contribution in [2.24, 2.45) is 0 Å². The molecule has 0 atom stereocenters. The van der Waals surface area contributed by atoms with Crippen LogP contribution in [0.2, 0.25) is 0 Å². The third-order valence-corrected chi connectivity index (χ3v) is 4.33. The zero-order valence-corrected chi connectivity index (χ0v) is 14.1. The van der Waals surface area contributed by atoms with Crippen LogP contribution in [0.3, 0.4) is 0 Å². The molecule has 1 aliphatic heterocycles. The molecule has 2 aromatic rings. The molecule has 0 bridgehead atoms. The predicted molar refractivity (Wildman–Crippen MR) is 96.6 cm³/mol. The molecule has 2 amide bonds. The molecular formula is C19H20F3N3O. The Balaban J connectivity index is 1.64. The molecule has 0 saturated carbocycles. The van der Waals surface area contributed by atoms with E-state index in [1.54, 1.807) is 12.1 Å². The summed E-state index contributed by atoms with van der Waals surface area (Å²) in [6.45, 7) is 2.03. The Morgan fingerprint density at radius 1 is 0.885 bits per heavy atom. The van der Waals surface area contributed by atoms with Crippen molar-refractivity contribution in [3.63, 3.8) is 0 Å². The van der Waals surface area contributed by atoms with Gasteiger partial charge in [0.25, 0.3) is 0 Å². The highest BCUT2D eigenvalue weighted by molar-refractivity contribution is 6.00. The number of nitrogens with one attached hydrogen (secondary N) is 2. The molecule has 138 valence electrons. The van der Waals surface area contributed by atoms with Crippen LogP contribution in [-0.2, 0) is 6.18 Å². The summed E-state index contributed by atoms with van der Waals surface area (Å²) < 4.78 is 38.9. The van der Waals surface area contributed by atoms with Crippen LogP contribution in [0.4, 0.5) is 35.0 Å². The van der Waals surface area contributed by atoms with Gasteiger partial charge in [0.05, 0.1) is 11.3 Å². The molecule has 2 aromatic carbocycles. The molecule has 7 heteroatoms. The summed E-state index contributed by atoms with van der Waals surface area (Å²) >= 11 is 0. The topological polar surface area (TPSA) is 44.4 Å². The van der Waals surface area contributed by atoms with E-state index >= 15 is 0 Å². The minimum absolute atomic E-state index is 0.276. The van der Waals surface area contributed by atoms with Crippen molar-refractivity contribution in [3.05, 3.63) is 54.1 Å². The maximum atomic E-state index is 13.0. The van der Waals surface area contributed by atoms with Gasteiger partial charge in [-0.2, -0.15) is 13.2 Å². The van der Waals surface area contributed by atoms with E-state index in [0.29, 0.717) is 5.69 Å². The van der Waals surface area contributed by atoms with Gasteiger partial charge in [0.15, 0.2) is 0 Å². The second-order valence-corrected chi connectivity index (χ2v) is 6.22. The van der Waals surface area contributed by atoms with Crippen LogP contribution in [0.1, 0.15) is 24.8 Å². The largest absolute Gasteiger partial charge is 0.418 e. The molecule has 1 saturated heterocycles. The monoisotopic (exact) mass is 363 g/mol. The van der Waals surface area contributed by atoms with E-state index in [4.69, 9.17) is 0 Å². The normalized spacial score (nSPS) is 14.8. The fourth-order valence-corrected chi connectivity index (χ4v) is 3.03. The first-order valence-electron chi connectivity index (χ1n) is 8.53. The number of alkyl halides is 3. The lowest BCUT2D eigenvalue weighted by atomic mass is 10.1. The van der Waals surface area contributed by atoms with Crippen molar-refractivity contribution in [1.29, 1.82) is 0 Å². The number of benzene rings is 2. The summed E-state index contributed by atoms with van der Waals surface area (Å²) in [7, 11) is 0. The van der Waals surface area contributed by atoms with E-state index in [2.05, 4.69) is 15.5 Å². The number of hydrogen-bond donors (Lipinski definition) is 2. The first kappa shape index (κ1) is 18.1. The Kier molecular flexibility index (Phi) is 5.35. The molecule has 0 aliphatic carbocycles. The number of amides is 2. The lowest BCUT2D eigenvalue weighted by molar-refractivity contribution is -0.136. The quantitative estimate of drug-likeness (QED) is 0.773. The average Bonchev–Trinajstić information content (AvgIpc) is 2.62. The maximum absolute atomic E-state index is 13.0. The molecule has 0 radical (unpaired) electrons. The smallest absolute Gasteiger partial charge is 0.372 e. The number of piperidine rings is 1. The number of anilines is 3. The summed E-state index contributed by atoms with van der Waals surface area (Å²) in [6, 6.07) is 11.5. The summed E-state index contributed by atoms with van der Waals surface area (Å²) in [4.78, 5) is 14.3. The fraction of sp³-hybridized carbons (Fsp3) is 0.316. The highest BCUT2D eigenvalue weighted by Gasteiger charge is 2.33. The Morgan fingerprint density at radius 3 is 2.19 bits per heavy atom. The molecule has 0 unspecified atom stereocenters. The highest BCUT2D eigenvalue weighted by Crippen LogP contribution is 2.34. The Hall–Kier alpha value is -2.70. The number of para-hydroxylation sites is 1. The number of carbonyl (C=O) groups is 1. The fourth-order valence-electron chi connectivity index (χ4n) is 3.03. The predicted octanol–water partition coefficient (Wildman–Crippen LogP) is 5.34. The van der Waals surface area contributed by atoms with Gasteiger partial charge in [0, 0.05) is 24.5 Å². The first-order chi connectivity index (χ1) is 12.4.